The first kappa shape index (κ1) is 20.1. The van der Waals surface area contributed by atoms with E-state index in [1.165, 1.54) is 12.1 Å². The number of benzene rings is 3. The van der Waals surface area contributed by atoms with Crippen LogP contribution in [0.4, 0.5) is 10.1 Å². The normalized spacial score (nSPS) is 18.3. The van der Waals surface area contributed by atoms with Gasteiger partial charge in [-0.1, -0.05) is 67.6 Å². The van der Waals surface area contributed by atoms with E-state index in [0.717, 1.165) is 11.1 Å². The molecule has 2 atom stereocenters. The van der Waals surface area contributed by atoms with Gasteiger partial charge >= 0.3 is 0 Å². The largest absolute Gasteiger partial charge is 0.486 e. The van der Waals surface area contributed by atoms with Crippen molar-refractivity contribution in [1.29, 1.82) is 0 Å². The number of rotatable bonds is 6. The van der Waals surface area contributed by atoms with Crippen molar-refractivity contribution in [1.82, 2.24) is 4.90 Å². The molecule has 30 heavy (non-hydrogen) atoms. The Kier molecular flexibility index (Phi) is 6.10. The zero-order chi connectivity index (χ0) is 20.9. The van der Waals surface area contributed by atoms with Gasteiger partial charge in [-0.3, -0.25) is 9.69 Å². The molecule has 5 heteroatoms. The summed E-state index contributed by atoms with van der Waals surface area (Å²) in [5, 5.41) is 2.88. The summed E-state index contributed by atoms with van der Waals surface area (Å²) in [6.45, 7) is 3.19. The second kappa shape index (κ2) is 9.09. The topological polar surface area (TPSA) is 41.6 Å². The summed E-state index contributed by atoms with van der Waals surface area (Å²) in [5.41, 5.74) is 2.60. The van der Waals surface area contributed by atoms with Gasteiger partial charge < -0.3 is 10.1 Å². The maximum absolute atomic E-state index is 13.7. The molecule has 4 nitrogen and oxygen atoms in total. The number of hydrogen-bond acceptors (Lipinski definition) is 3. The van der Waals surface area contributed by atoms with Gasteiger partial charge in [-0.05, 0) is 29.7 Å². The third-order valence-corrected chi connectivity index (χ3v) is 5.35. The molecule has 0 saturated carbocycles. The Balaban J connectivity index is 1.69. The molecule has 0 fully saturated rings. The molecule has 3 aromatic carbocycles. The second-order valence-corrected chi connectivity index (χ2v) is 7.52. The maximum atomic E-state index is 13.7. The Bertz CT molecular complexity index is 953. The molecule has 4 rings (SSSR count). The van der Waals surface area contributed by atoms with Gasteiger partial charge in [-0.25, -0.2) is 4.39 Å². The van der Waals surface area contributed by atoms with Crippen LogP contribution in [-0.2, 0) is 17.9 Å². The van der Waals surface area contributed by atoms with E-state index >= 15 is 0 Å². The third-order valence-electron chi connectivity index (χ3n) is 5.35. The Morgan fingerprint density at radius 1 is 0.933 bits per heavy atom. The van der Waals surface area contributed by atoms with Crippen molar-refractivity contribution >= 4 is 11.6 Å². The fourth-order valence-electron chi connectivity index (χ4n) is 3.90. The van der Waals surface area contributed by atoms with Gasteiger partial charge in [0.15, 0.2) is 0 Å². The quantitative estimate of drug-likeness (QED) is 0.628. The SMILES string of the molecule is CCC1Oc2ccc(F)cc2NC(=O)C1N(Cc1ccccc1)Cc1ccccc1. The first-order chi connectivity index (χ1) is 14.6. The van der Waals surface area contributed by atoms with Crippen LogP contribution in [0.15, 0.2) is 78.9 Å². The molecule has 0 radical (unpaired) electrons. The van der Waals surface area contributed by atoms with Crippen LogP contribution in [-0.4, -0.2) is 23.0 Å². The Morgan fingerprint density at radius 2 is 1.53 bits per heavy atom. The summed E-state index contributed by atoms with van der Waals surface area (Å²) in [6, 6.07) is 23.9. The molecule has 2 unspecified atom stereocenters. The molecule has 0 bridgehead atoms. The minimum absolute atomic E-state index is 0.182. The van der Waals surface area contributed by atoms with E-state index in [-0.39, 0.29) is 12.0 Å². The minimum Gasteiger partial charge on any atom is -0.486 e. The molecule has 154 valence electrons. The number of amides is 1. The standard InChI is InChI=1S/C25H25FN2O2/c1-2-22-24(25(29)27-21-15-20(26)13-14-23(21)30-22)28(16-18-9-5-3-6-10-18)17-19-11-7-4-8-12-19/h3-15,22,24H,2,16-17H2,1H3,(H,27,29). The van der Waals surface area contributed by atoms with Crippen molar-refractivity contribution in [2.24, 2.45) is 0 Å². The van der Waals surface area contributed by atoms with Crippen molar-refractivity contribution in [2.75, 3.05) is 5.32 Å². The van der Waals surface area contributed by atoms with Crippen molar-refractivity contribution in [2.45, 2.75) is 38.6 Å². The summed E-state index contributed by atoms with van der Waals surface area (Å²) < 4.78 is 20.0. The lowest BCUT2D eigenvalue weighted by molar-refractivity contribution is -0.125. The van der Waals surface area contributed by atoms with Crippen molar-refractivity contribution < 1.29 is 13.9 Å². The molecule has 1 heterocycles. The fourth-order valence-corrected chi connectivity index (χ4v) is 3.90. The Morgan fingerprint density at radius 3 is 2.10 bits per heavy atom. The van der Waals surface area contributed by atoms with E-state index in [1.54, 1.807) is 6.07 Å². The smallest absolute Gasteiger partial charge is 0.245 e. The van der Waals surface area contributed by atoms with E-state index < -0.39 is 11.9 Å². The number of ether oxygens (including phenoxy) is 1. The summed E-state index contributed by atoms with van der Waals surface area (Å²) in [4.78, 5) is 15.5. The van der Waals surface area contributed by atoms with Crippen LogP contribution in [0.5, 0.6) is 5.75 Å². The van der Waals surface area contributed by atoms with Crippen LogP contribution in [0.25, 0.3) is 0 Å². The minimum atomic E-state index is -0.522. The van der Waals surface area contributed by atoms with Gasteiger partial charge in [0.25, 0.3) is 0 Å². The molecule has 1 amide bonds. The summed E-state index contributed by atoms with van der Waals surface area (Å²) in [7, 11) is 0. The van der Waals surface area contributed by atoms with Crippen LogP contribution in [0.2, 0.25) is 0 Å². The molecule has 0 aromatic heterocycles. The van der Waals surface area contributed by atoms with Gasteiger partial charge in [0, 0.05) is 19.2 Å². The fraction of sp³-hybridized carbons (Fsp3) is 0.240. The lowest BCUT2D eigenvalue weighted by Crippen LogP contribution is -2.51. The van der Waals surface area contributed by atoms with Crippen molar-refractivity contribution in [3.05, 3.63) is 95.8 Å². The number of hydrogen-bond donors (Lipinski definition) is 1. The van der Waals surface area contributed by atoms with Crippen LogP contribution in [0, 0.1) is 5.82 Å². The van der Waals surface area contributed by atoms with E-state index in [9.17, 15) is 9.18 Å². The lowest BCUT2D eigenvalue weighted by Gasteiger charge is -2.34. The molecule has 1 aliphatic rings. The number of carbonyl (C=O) groups excluding carboxylic acids is 1. The first-order valence-electron chi connectivity index (χ1n) is 10.2. The van der Waals surface area contributed by atoms with E-state index in [0.29, 0.717) is 30.9 Å². The van der Waals surface area contributed by atoms with Gasteiger partial charge in [0.05, 0.1) is 5.69 Å². The number of anilines is 1. The second-order valence-electron chi connectivity index (χ2n) is 7.52. The molecular formula is C25H25FN2O2. The number of halogens is 1. The lowest BCUT2D eigenvalue weighted by atomic mass is 10.0. The van der Waals surface area contributed by atoms with Crippen LogP contribution < -0.4 is 10.1 Å². The van der Waals surface area contributed by atoms with Gasteiger partial charge in [0.2, 0.25) is 5.91 Å². The Labute approximate surface area is 176 Å². The predicted molar refractivity (Wildman–Crippen MR) is 116 cm³/mol. The molecule has 1 N–H and O–H groups in total. The molecule has 0 spiro atoms. The zero-order valence-electron chi connectivity index (χ0n) is 16.9. The van der Waals surface area contributed by atoms with E-state index in [4.69, 9.17) is 4.74 Å². The molecule has 0 aliphatic carbocycles. The van der Waals surface area contributed by atoms with E-state index in [2.05, 4.69) is 34.5 Å². The summed E-state index contributed by atoms with van der Waals surface area (Å²) in [6.07, 6.45) is 0.291. The van der Waals surface area contributed by atoms with Crippen LogP contribution in [0.1, 0.15) is 24.5 Å². The van der Waals surface area contributed by atoms with Crippen LogP contribution >= 0.6 is 0 Å². The van der Waals surface area contributed by atoms with Crippen molar-refractivity contribution in [3.63, 3.8) is 0 Å². The van der Waals surface area contributed by atoms with Crippen LogP contribution in [0.3, 0.4) is 0 Å². The number of nitrogens with zero attached hydrogens (tertiary/aromatic N) is 1. The molecule has 3 aromatic rings. The summed E-state index contributed by atoms with van der Waals surface area (Å²) in [5.74, 6) is -0.0916. The van der Waals surface area contributed by atoms with Crippen molar-refractivity contribution in [3.8, 4) is 5.75 Å². The molecule has 1 aliphatic heterocycles. The number of nitrogens with one attached hydrogen (secondary N) is 1. The highest BCUT2D eigenvalue weighted by molar-refractivity contribution is 5.97. The number of fused-ring (bicyclic) bond motifs is 1. The molecule has 0 saturated heterocycles. The van der Waals surface area contributed by atoms with Gasteiger partial charge in [-0.15, -0.1) is 0 Å². The predicted octanol–water partition coefficient (Wildman–Crippen LogP) is 5.01. The highest BCUT2D eigenvalue weighted by Crippen LogP contribution is 2.32. The first-order valence-corrected chi connectivity index (χ1v) is 10.2. The molecular weight excluding hydrogens is 379 g/mol. The van der Waals surface area contributed by atoms with Gasteiger partial charge in [0.1, 0.15) is 23.7 Å². The number of carbonyl (C=O) groups is 1. The van der Waals surface area contributed by atoms with Gasteiger partial charge in [-0.2, -0.15) is 0 Å². The highest BCUT2D eigenvalue weighted by Gasteiger charge is 2.37. The average Bonchev–Trinajstić information content (AvgIpc) is 2.89. The zero-order valence-corrected chi connectivity index (χ0v) is 16.9. The monoisotopic (exact) mass is 404 g/mol. The average molecular weight is 404 g/mol. The maximum Gasteiger partial charge on any atom is 0.245 e. The van der Waals surface area contributed by atoms with E-state index in [1.807, 2.05) is 43.3 Å². The Hall–Kier alpha value is -3.18. The highest BCUT2D eigenvalue weighted by atomic mass is 19.1. The third kappa shape index (κ3) is 4.52. The summed E-state index contributed by atoms with van der Waals surface area (Å²) >= 11 is 0.